The average molecular weight is 230 g/mol. The maximum atomic E-state index is 5.90. The van der Waals surface area contributed by atoms with Gasteiger partial charge in [0.15, 0.2) is 0 Å². The first-order valence-corrected chi connectivity index (χ1v) is 6.97. The Bertz CT molecular complexity index is 201. The van der Waals surface area contributed by atoms with Gasteiger partial charge in [0, 0.05) is 36.9 Å². The molecule has 3 nitrogen and oxygen atoms in total. The molecule has 88 valence electrons. The number of rotatable bonds is 4. The van der Waals surface area contributed by atoms with Crippen LogP contribution in [0.15, 0.2) is 0 Å². The first-order chi connectivity index (χ1) is 7.26. The van der Waals surface area contributed by atoms with Crippen molar-refractivity contribution in [3.8, 4) is 0 Å². The molecule has 2 aliphatic rings. The van der Waals surface area contributed by atoms with E-state index in [1.54, 1.807) is 0 Å². The topological polar surface area (TPSA) is 38.5 Å². The first kappa shape index (κ1) is 11.7. The summed E-state index contributed by atoms with van der Waals surface area (Å²) in [4.78, 5) is 2.50. The van der Waals surface area contributed by atoms with Crippen molar-refractivity contribution in [1.82, 2.24) is 4.90 Å². The monoisotopic (exact) mass is 230 g/mol. The second-order valence-electron chi connectivity index (χ2n) is 4.94. The van der Waals surface area contributed by atoms with Crippen LogP contribution in [0.1, 0.15) is 12.8 Å². The van der Waals surface area contributed by atoms with Gasteiger partial charge in [0.25, 0.3) is 0 Å². The Kier molecular flexibility index (Phi) is 3.93. The molecule has 0 aliphatic carbocycles. The normalized spacial score (nSPS) is 36.6. The third-order valence-electron chi connectivity index (χ3n) is 3.73. The third-order valence-corrected chi connectivity index (χ3v) is 4.88. The van der Waals surface area contributed by atoms with E-state index >= 15 is 0 Å². The molecule has 2 aliphatic heterocycles. The zero-order valence-corrected chi connectivity index (χ0v) is 10.4. The molecule has 0 aromatic carbocycles. The molecule has 0 aromatic heterocycles. The Labute approximate surface area is 96.7 Å². The lowest BCUT2D eigenvalue weighted by Crippen LogP contribution is -2.45. The number of nitrogens with zero attached hydrogens (tertiary/aromatic N) is 1. The fourth-order valence-electron chi connectivity index (χ4n) is 2.53. The Morgan fingerprint density at radius 1 is 1.60 bits per heavy atom. The molecule has 4 heteroatoms. The molecule has 0 amide bonds. The number of hydrogen-bond donors (Lipinski definition) is 1. The maximum Gasteiger partial charge on any atom is 0.0547 e. The van der Waals surface area contributed by atoms with Crippen molar-refractivity contribution < 1.29 is 4.74 Å². The minimum absolute atomic E-state index is 0.238. The van der Waals surface area contributed by atoms with Gasteiger partial charge in [-0.05, 0) is 25.6 Å². The van der Waals surface area contributed by atoms with Gasteiger partial charge in [-0.25, -0.2) is 0 Å². The lowest BCUT2D eigenvalue weighted by Gasteiger charge is -2.34. The molecule has 2 atom stereocenters. The second-order valence-corrected chi connectivity index (χ2v) is 6.09. The van der Waals surface area contributed by atoms with Crippen LogP contribution in [0.3, 0.4) is 0 Å². The molecule has 2 heterocycles. The maximum absolute atomic E-state index is 5.90. The van der Waals surface area contributed by atoms with Gasteiger partial charge in [0.05, 0.1) is 6.61 Å². The number of nitrogens with two attached hydrogens (primary N) is 1. The summed E-state index contributed by atoms with van der Waals surface area (Å²) in [6, 6.07) is 0.763. The van der Waals surface area contributed by atoms with E-state index in [1.165, 1.54) is 17.9 Å². The van der Waals surface area contributed by atoms with Crippen LogP contribution in [0.5, 0.6) is 0 Å². The van der Waals surface area contributed by atoms with Gasteiger partial charge in [-0.2, -0.15) is 11.8 Å². The van der Waals surface area contributed by atoms with E-state index in [1.807, 2.05) is 0 Å². The Morgan fingerprint density at radius 2 is 2.47 bits per heavy atom. The average Bonchev–Trinajstić information content (AvgIpc) is 2.88. The fourth-order valence-corrected chi connectivity index (χ4v) is 3.83. The van der Waals surface area contributed by atoms with E-state index in [4.69, 9.17) is 10.5 Å². The summed E-state index contributed by atoms with van der Waals surface area (Å²) in [7, 11) is 2.24. The molecule has 0 aromatic rings. The van der Waals surface area contributed by atoms with E-state index < -0.39 is 0 Å². The smallest absolute Gasteiger partial charge is 0.0547 e. The van der Waals surface area contributed by atoms with Gasteiger partial charge >= 0.3 is 0 Å². The van der Waals surface area contributed by atoms with Gasteiger partial charge in [-0.15, -0.1) is 0 Å². The van der Waals surface area contributed by atoms with Gasteiger partial charge in [0.2, 0.25) is 0 Å². The molecule has 2 saturated heterocycles. The summed E-state index contributed by atoms with van der Waals surface area (Å²) in [5.74, 6) is 2.61. The lowest BCUT2D eigenvalue weighted by atomic mass is 9.86. The van der Waals surface area contributed by atoms with Crippen LogP contribution in [0, 0.1) is 5.41 Å². The second kappa shape index (κ2) is 5.04. The van der Waals surface area contributed by atoms with Crippen molar-refractivity contribution in [2.45, 2.75) is 18.9 Å². The van der Waals surface area contributed by atoms with Crippen molar-refractivity contribution in [3.05, 3.63) is 0 Å². The fraction of sp³-hybridized carbons (Fsp3) is 1.00. The molecule has 0 bridgehead atoms. The van der Waals surface area contributed by atoms with Crippen molar-refractivity contribution in [2.24, 2.45) is 11.1 Å². The third kappa shape index (κ3) is 2.67. The van der Waals surface area contributed by atoms with Gasteiger partial charge in [0.1, 0.15) is 0 Å². The van der Waals surface area contributed by atoms with Gasteiger partial charge in [-0.3, -0.25) is 0 Å². The molecule has 2 N–H and O–H groups in total. The Hall–Kier alpha value is 0.230. The number of ether oxygens (including phenoxy) is 1. The van der Waals surface area contributed by atoms with Crippen molar-refractivity contribution in [3.63, 3.8) is 0 Å². The van der Waals surface area contributed by atoms with Gasteiger partial charge in [-0.1, -0.05) is 0 Å². The first-order valence-electron chi connectivity index (χ1n) is 5.82. The van der Waals surface area contributed by atoms with E-state index in [9.17, 15) is 0 Å². The Balaban J connectivity index is 1.88. The molecule has 2 unspecified atom stereocenters. The molecular formula is C11H22N2OS. The van der Waals surface area contributed by atoms with Crippen LogP contribution in [0.2, 0.25) is 0 Å². The summed E-state index contributed by atoms with van der Waals surface area (Å²) in [5, 5.41) is 0. The number of thioether (sulfide) groups is 1. The highest BCUT2D eigenvalue weighted by Crippen LogP contribution is 2.30. The summed E-state index contributed by atoms with van der Waals surface area (Å²) in [5.41, 5.74) is 6.14. The molecular weight excluding hydrogens is 208 g/mol. The largest absolute Gasteiger partial charge is 0.381 e. The van der Waals surface area contributed by atoms with Crippen molar-refractivity contribution >= 4 is 11.8 Å². The summed E-state index contributed by atoms with van der Waals surface area (Å²) < 4.78 is 5.50. The van der Waals surface area contributed by atoms with Crippen molar-refractivity contribution in [2.75, 3.05) is 44.9 Å². The minimum atomic E-state index is 0.238. The molecule has 0 radical (unpaired) electrons. The van der Waals surface area contributed by atoms with Crippen LogP contribution in [0.25, 0.3) is 0 Å². The summed E-state index contributed by atoms with van der Waals surface area (Å²) in [6.07, 6.45) is 2.47. The molecule has 15 heavy (non-hydrogen) atoms. The SMILES string of the molecule is CN(CC1(CN)CCOC1)C1CCSC1. The van der Waals surface area contributed by atoms with E-state index in [0.29, 0.717) is 0 Å². The zero-order valence-electron chi connectivity index (χ0n) is 9.58. The van der Waals surface area contributed by atoms with Crippen LogP contribution in [-0.2, 0) is 4.74 Å². The predicted octanol–water partition coefficient (Wildman–Crippen LogP) is 0.789. The minimum Gasteiger partial charge on any atom is -0.381 e. The van der Waals surface area contributed by atoms with Gasteiger partial charge < -0.3 is 15.4 Å². The highest BCUT2D eigenvalue weighted by molar-refractivity contribution is 7.99. The van der Waals surface area contributed by atoms with E-state index in [2.05, 4.69) is 23.7 Å². The highest BCUT2D eigenvalue weighted by atomic mass is 32.2. The summed E-state index contributed by atoms with van der Waals surface area (Å²) >= 11 is 2.07. The molecule has 2 rings (SSSR count). The van der Waals surface area contributed by atoms with Crippen LogP contribution < -0.4 is 5.73 Å². The van der Waals surface area contributed by atoms with E-state index in [0.717, 1.165) is 38.8 Å². The highest BCUT2D eigenvalue weighted by Gasteiger charge is 2.36. The Morgan fingerprint density at radius 3 is 3.00 bits per heavy atom. The lowest BCUT2D eigenvalue weighted by molar-refractivity contribution is 0.112. The van der Waals surface area contributed by atoms with Crippen molar-refractivity contribution in [1.29, 1.82) is 0 Å². The molecule has 0 spiro atoms. The van der Waals surface area contributed by atoms with Crippen LogP contribution >= 0.6 is 11.8 Å². The van der Waals surface area contributed by atoms with Crippen LogP contribution in [-0.4, -0.2) is 55.8 Å². The predicted molar refractivity (Wildman–Crippen MR) is 65.3 cm³/mol. The zero-order chi connectivity index (χ0) is 10.7. The van der Waals surface area contributed by atoms with Crippen LogP contribution in [0.4, 0.5) is 0 Å². The molecule has 0 saturated carbocycles. The van der Waals surface area contributed by atoms with E-state index in [-0.39, 0.29) is 5.41 Å². The number of hydrogen-bond acceptors (Lipinski definition) is 4. The quantitative estimate of drug-likeness (QED) is 0.775. The standard InChI is InChI=1S/C11H22N2OS/c1-13(10-2-5-15-6-10)8-11(7-12)3-4-14-9-11/h10H,2-9,12H2,1H3. The summed E-state index contributed by atoms with van der Waals surface area (Å²) in [6.45, 7) is 3.62. The molecule has 2 fully saturated rings.